The minimum absolute atomic E-state index is 0.0982. The van der Waals surface area contributed by atoms with Gasteiger partial charge in [0.2, 0.25) is 8.32 Å². The Bertz CT molecular complexity index is 870. The van der Waals surface area contributed by atoms with Gasteiger partial charge in [-0.1, -0.05) is 107 Å². The minimum Gasteiger partial charge on any atom is -0.322 e. The van der Waals surface area contributed by atoms with Crippen LogP contribution >= 0.6 is 7.14 Å². The van der Waals surface area contributed by atoms with Crippen molar-refractivity contribution < 1.29 is 9.09 Å². The van der Waals surface area contributed by atoms with E-state index in [-0.39, 0.29) is 5.04 Å². The van der Waals surface area contributed by atoms with Crippen molar-refractivity contribution in [3.05, 3.63) is 72.2 Å². The van der Waals surface area contributed by atoms with Gasteiger partial charge in [0.25, 0.3) is 0 Å². The molecule has 0 radical (unpaired) electrons. The molecule has 0 aromatic heterocycles. The summed E-state index contributed by atoms with van der Waals surface area (Å²) in [6.07, 6.45) is 5.94. The van der Waals surface area contributed by atoms with E-state index in [9.17, 15) is 4.57 Å². The highest BCUT2D eigenvalue weighted by molar-refractivity contribution is 7.81. The molecule has 1 aliphatic carbocycles. The molecule has 0 bridgehead atoms. The van der Waals surface area contributed by atoms with E-state index in [0.29, 0.717) is 5.92 Å². The molecule has 168 valence electrons. The van der Waals surface area contributed by atoms with Crippen molar-refractivity contribution in [3.8, 4) is 0 Å². The van der Waals surface area contributed by atoms with Gasteiger partial charge in [-0.3, -0.25) is 5.48 Å². The predicted molar refractivity (Wildman–Crippen MR) is 136 cm³/mol. The van der Waals surface area contributed by atoms with Crippen molar-refractivity contribution in [1.82, 2.24) is 5.48 Å². The van der Waals surface area contributed by atoms with Crippen LogP contribution in [0.25, 0.3) is 0 Å². The normalized spacial score (nSPS) is 16.5. The molecule has 0 amide bonds. The number of hydrogen-bond acceptors (Lipinski definition) is 3. The standard InChI is InChI=1S/C26H38NO2PSi/c1-26(2,3)31(4,5)29-27-23(20-22-14-12-13-15-22)21-30(28,24-16-8-6-9-17-24)25-18-10-7-11-19-25/h6-11,16-19,21-22,27H,12-15,20H2,1-5H3/b23-21+. The van der Waals surface area contributed by atoms with Crippen molar-refractivity contribution in [2.45, 2.75) is 71.0 Å². The van der Waals surface area contributed by atoms with Crippen LogP contribution in [0, 0.1) is 5.92 Å². The van der Waals surface area contributed by atoms with E-state index in [1.54, 1.807) is 0 Å². The number of nitrogens with one attached hydrogen (secondary N) is 1. The summed E-state index contributed by atoms with van der Waals surface area (Å²) >= 11 is 0. The smallest absolute Gasteiger partial charge is 0.228 e. The molecule has 31 heavy (non-hydrogen) atoms. The van der Waals surface area contributed by atoms with Crippen LogP contribution in [0.15, 0.2) is 72.2 Å². The molecule has 1 saturated carbocycles. The molecule has 0 heterocycles. The molecule has 1 N–H and O–H groups in total. The van der Waals surface area contributed by atoms with Crippen LogP contribution in [0.2, 0.25) is 18.1 Å². The van der Waals surface area contributed by atoms with Crippen LogP contribution in [-0.2, 0) is 9.09 Å². The first kappa shape index (κ1) is 24.0. The summed E-state index contributed by atoms with van der Waals surface area (Å²) in [5.41, 5.74) is 4.30. The Morgan fingerprint density at radius 2 is 1.48 bits per heavy atom. The highest BCUT2D eigenvalue weighted by atomic mass is 31.2. The highest BCUT2D eigenvalue weighted by Crippen LogP contribution is 2.47. The summed E-state index contributed by atoms with van der Waals surface area (Å²) in [7, 11) is -4.95. The van der Waals surface area contributed by atoms with E-state index in [2.05, 4.69) is 39.3 Å². The third-order valence-corrected chi connectivity index (χ3v) is 13.9. The summed E-state index contributed by atoms with van der Waals surface area (Å²) in [6, 6.07) is 19.7. The Balaban J connectivity index is 2.00. The van der Waals surface area contributed by atoms with Gasteiger partial charge in [-0.05, 0) is 30.5 Å². The van der Waals surface area contributed by atoms with Gasteiger partial charge < -0.3 is 9.09 Å². The lowest BCUT2D eigenvalue weighted by Gasteiger charge is -2.36. The van der Waals surface area contributed by atoms with Crippen molar-refractivity contribution >= 4 is 26.1 Å². The molecular formula is C26H38NO2PSi. The van der Waals surface area contributed by atoms with Gasteiger partial charge in [-0.2, -0.15) is 0 Å². The molecule has 3 nitrogen and oxygen atoms in total. The SMILES string of the molecule is CC(C)(C)[Si](C)(C)ON/C(=C/P(=O)(c1ccccc1)c1ccccc1)CC1CCCC1. The van der Waals surface area contributed by atoms with Gasteiger partial charge in [-0.15, -0.1) is 0 Å². The van der Waals surface area contributed by atoms with Crippen molar-refractivity contribution in [2.75, 3.05) is 0 Å². The first-order valence-corrected chi connectivity index (χ1v) is 16.2. The number of hydrogen-bond donors (Lipinski definition) is 1. The van der Waals surface area contributed by atoms with E-state index in [1.165, 1.54) is 25.7 Å². The molecule has 0 aliphatic heterocycles. The zero-order valence-electron chi connectivity index (χ0n) is 19.7. The molecule has 5 heteroatoms. The number of allylic oxidation sites excluding steroid dienone is 1. The fourth-order valence-corrected chi connectivity index (χ4v) is 6.92. The molecule has 3 rings (SSSR count). The monoisotopic (exact) mass is 455 g/mol. The zero-order valence-corrected chi connectivity index (χ0v) is 21.6. The molecule has 0 unspecified atom stereocenters. The third kappa shape index (κ3) is 6.00. The summed E-state index contributed by atoms with van der Waals surface area (Å²) in [5, 5.41) is 1.82. The Hall–Kier alpha value is -1.61. The van der Waals surface area contributed by atoms with Crippen molar-refractivity contribution in [1.29, 1.82) is 0 Å². The Kier molecular flexibility index (Phi) is 7.67. The summed E-state index contributed by atoms with van der Waals surface area (Å²) in [6.45, 7) is 11.2. The van der Waals surface area contributed by atoms with Gasteiger partial charge in [0.05, 0.1) is 0 Å². The van der Waals surface area contributed by atoms with E-state index in [0.717, 1.165) is 22.7 Å². The Morgan fingerprint density at radius 1 is 1.00 bits per heavy atom. The van der Waals surface area contributed by atoms with Crippen LogP contribution in [0.4, 0.5) is 0 Å². The van der Waals surface area contributed by atoms with E-state index >= 15 is 0 Å². The fourth-order valence-electron chi connectivity index (χ4n) is 3.81. The molecule has 0 atom stereocenters. The maximum atomic E-state index is 14.6. The number of hydroxylamine groups is 1. The zero-order chi connectivity index (χ0) is 22.5. The Labute approximate surface area is 189 Å². The van der Waals surface area contributed by atoms with E-state index in [4.69, 9.17) is 4.53 Å². The quantitative estimate of drug-likeness (QED) is 0.266. The summed E-state index contributed by atoms with van der Waals surface area (Å²) < 4.78 is 20.9. The van der Waals surface area contributed by atoms with Gasteiger partial charge in [-0.25, -0.2) is 0 Å². The van der Waals surface area contributed by atoms with Gasteiger partial charge in [0.1, 0.15) is 0 Å². The van der Waals surface area contributed by atoms with Crippen molar-refractivity contribution in [3.63, 3.8) is 0 Å². The fraction of sp³-hybridized carbons (Fsp3) is 0.462. The second kappa shape index (κ2) is 9.89. The number of rotatable bonds is 8. The highest BCUT2D eigenvalue weighted by Gasteiger charge is 2.39. The molecule has 2 aromatic rings. The first-order chi connectivity index (χ1) is 14.6. The average Bonchev–Trinajstić information content (AvgIpc) is 3.25. The lowest BCUT2D eigenvalue weighted by Crippen LogP contribution is -2.45. The molecule has 2 aromatic carbocycles. The van der Waals surface area contributed by atoms with Gasteiger partial charge in [0, 0.05) is 22.1 Å². The van der Waals surface area contributed by atoms with Crippen LogP contribution in [-0.4, -0.2) is 8.32 Å². The lowest BCUT2D eigenvalue weighted by atomic mass is 10.0. The number of benzene rings is 2. The van der Waals surface area contributed by atoms with Crippen molar-refractivity contribution in [2.24, 2.45) is 5.92 Å². The molecule has 0 spiro atoms. The molecule has 1 aliphatic rings. The second-order valence-electron chi connectivity index (χ2n) is 10.3. The van der Waals surface area contributed by atoms with Gasteiger partial charge >= 0.3 is 0 Å². The lowest BCUT2D eigenvalue weighted by molar-refractivity contribution is 0.196. The summed E-state index contributed by atoms with van der Waals surface area (Å²) in [5.74, 6) is 2.62. The first-order valence-electron chi connectivity index (χ1n) is 11.5. The third-order valence-electron chi connectivity index (χ3n) is 6.84. The molecule has 0 saturated heterocycles. The Morgan fingerprint density at radius 3 is 1.94 bits per heavy atom. The van der Waals surface area contributed by atoms with Crippen LogP contribution in [0.5, 0.6) is 0 Å². The van der Waals surface area contributed by atoms with Gasteiger partial charge in [0.15, 0.2) is 7.14 Å². The molecule has 1 fully saturated rings. The average molecular weight is 456 g/mol. The van der Waals surface area contributed by atoms with E-state index < -0.39 is 15.5 Å². The van der Waals surface area contributed by atoms with Crippen LogP contribution in [0.1, 0.15) is 52.9 Å². The summed E-state index contributed by atoms with van der Waals surface area (Å²) in [4.78, 5) is 0. The second-order valence-corrected chi connectivity index (χ2v) is 17.6. The predicted octanol–water partition coefficient (Wildman–Crippen LogP) is 6.95. The van der Waals surface area contributed by atoms with E-state index in [1.807, 2.05) is 66.5 Å². The van der Waals surface area contributed by atoms with Crippen LogP contribution < -0.4 is 16.1 Å². The topological polar surface area (TPSA) is 38.3 Å². The molecular weight excluding hydrogens is 417 g/mol. The van der Waals surface area contributed by atoms with Crippen LogP contribution in [0.3, 0.4) is 0 Å². The maximum absolute atomic E-state index is 14.6. The minimum atomic E-state index is -2.95. The largest absolute Gasteiger partial charge is 0.322 e. The maximum Gasteiger partial charge on any atom is 0.228 e.